The van der Waals surface area contributed by atoms with Crippen molar-refractivity contribution in [3.63, 3.8) is 0 Å². The van der Waals surface area contributed by atoms with Crippen molar-refractivity contribution in [3.05, 3.63) is 33.8 Å². The van der Waals surface area contributed by atoms with E-state index in [1.807, 2.05) is 12.1 Å². The first-order valence-electron chi connectivity index (χ1n) is 5.85. The predicted molar refractivity (Wildman–Crippen MR) is 72.1 cm³/mol. The Morgan fingerprint density at radius 2 is 1.94 bits per heavy atom. The topological polar surface area (TPSA) is 26.0 Å². The SMILES string of the molecule is CCCCCCC(N)c1ccc(Cl)cc1Cl. The van der Waals surface area contributed by atoms with Crippen molar-refractivity contribution in [2.24, 2.45) is 5.73 Å². The lowest BCUT2D eigenvalue weighted by Gasteiger charge is -2.13. The molecule has 0 aliphatic heterocycles. The zero-order chi connectivity index (χ0) is 12.0. The summed E-state index contributed by atoms with van der Waals surface area (Å²) in [5, 5.41) is 1.34. The van der Waals surface area contributed by atoms with Crippen LogP contribution in [0.1, 0.15) is 50.6 Å². The van der Waals surface area contributed by atoms with Gasteiger partial charge in [0.25, 0.3) is 0 Å². The molecule has 0 aliphatic carbocycles. The van der Waals surface area contributed by atoms with Gasteiger partial charge < -0.3 is 5.73 Å². The molecule has 0 fully saturated rings. The van der Waals surface area contributed by atoms with E-state index >= 15 is 0 Å². The zero-order valence-corrected chi connectivity index (χ0v) is 11.2. The first-order valence-corrected chi connectivity index (χ1v) is 6.61. The Bertz CT molecular complexity index is 326. The second-order valence-corrected chi connectivity index (χ2v) is 4.97. The smallest absolute Gasteiger partial charge is 0.0468 e. The van der Waals surface area contributed by atoms with Crippen molar-refractivity contribution in [1.82, 2.24) is 0 Å². The number of halogens is 2. The molecule has 0 radical (unpaired) electrons. The molecule has 16 heavy (non-hydrogen) atoms. The van der Waals surface area contributed by atoms with Gasteiger partial charge in [0.05, 0.1) is 0 Å². The van der Waals surface area contributed by atoms with Crippen LogP contribution in [0.2, 0.25) is 10.0 Å². The summed E-state index contributed by atoms with van der Waals surface area (Å²) in [5.74, 6) is 0. The van der Waals surface area contributed by atoms with Crippen molar-refractivity contribution in [2.45, 2.75) is 45.1 Å². The minimum Gasteiger partial charge on any atom is -0.324 e. The van der Waals surface area contributed by atoms with E-state index < -0.39 is 0 Å². The third-order valence-electron chi connectivity index (χ3n) is 2.73. The number of hydrogen-bond donors (Lipinski definition) is 1. The van der Waals surface area contributed by atoms with E-state index in [-0.39, 0.29) is 6.04 Å². The van der Waals surface area contributed by atoms with Gasteiger partial charge in [-0.2, -0.15) is 0 Å². The third-order valence-corrected chi connectivity index (χ3v) is 3.29. The van der Waals surface area contributed by atoms with Gasteiger partial charge in [-0.25, -0.2) is 0 Å². The van der Waals surface area contributed by atoms with Crippen molar-refractivity contribution in [2.75, 3.05) is 0 Å². The summed E-state index contributed by atoms with van der Waals surface area (Å²) in [6.07, 6.45) is 5.92. The number of unbranched alkanes of at least 4 members (excludes halogenated alkanes) is 3. The summed E-state index contributed by atoms with van der Waals surface area (Å²) in [6.45, 7) is 2.20. The van der Waals surface area contributed by atoms with Gasteiger partial charge in [0.1, 0.15) is 0 Å². The van der Waals surface area contributed by atoms with Crippen molar-refractivity contribution >= 4 is 23.2 Å². The Kier molecular flexibility index (Phi) is 6.18. The maximum absolute atomic E-state index is 6.10. The Morgan fingerprint density at radius 1 is 1.19 bits per heavy atom. The minimum absolute atomic E-state index is 0.0293. The molecular weight excluding hydrogens is 241 g/mol. The van der Waals surface area contributed by atoms with Crippen LogP contribution >= 0.6 is 23.2 Å². The van der Waals surface area contributed by atoms with Crippen molar-refractivity contribution < 1.29 is 0 Å². The van der Waals surface area contributed by atoms with Gasteiger partial charge in [-0.1, -0.05) is 61.9 Å². The van der Waals surface area contributed by atoms with Crippen LogP contribution < -0.4 is 5.73 Å². The molecule has 0 amide bonds. The quantitative estimate of drug-likeness (QED) is 0.718. The van der Waals surface area contributed by atoms with E-state index in [0.29, 0.717) is 10.0 Å². The molecule has 1 aromatic rings. The molecule has 1 atom stereocenters. The molecule has 0 saturated carbocycles. The molecule has 2 N–H and O–H groups in total. The average Bonchev–Trinajstić information content (AvgIpc) is 2.24. The van der Waals surface area contributed by atoms with E-state index in [0.717, 1.165) is 18.4 Å². The molecule has 0 bridgehead atoms. The highest BCUT2D eigenvalue weighted by molar-refractivity contribution is 6.35. The standard InChI is InChI=1S/C13H19Cl2N/c1-2-3-4-5-6-13(16)11-8-7-10(14)9-12(11)15/h7-9,13H,2-6,16H2,1H3. The number of rotatable bonds is 6. The molecule has 0 saturated heterocycles. The van der Waals surface area contributed by atoms with Gasteiger partial charge in [0.2, 0.25) is 0 Å². The highest BCUT2D eigenvalue weighted by Gasteiger charge is 2.09. The van der Waals surface area contributed by atoms with Crippen LogP contribution in [0.25, 0.3) is 0 Å². The van der Waals surface area contributed by atoms with E-state index in [1.54, 1.807) is 6.07 Å². The fourth-order valence-electron chi connectivity index (χ4n) is 1.75. The van der Waals surface area contributed by atoms with Crippen LogP contribution in [0.15, 0.2) is 18.2 Å². The molecule has 1 aromatic carbocycles. The van der Waals surface area contributed by atoms with Crippen LogP contribution in [0.4, 0.5) is 0 Å². The molecule has 90 valence electrons. The Labute approximate surface area is 108 Å². The maximum atomic E-state index is 6.10. The summed E-state index contributed by atoms with van der Waals surface area (Å²) in [7, 11) is 0. The van der Waals surface area contributed by atoms with Crippen molar-refractivity contribution in [3.8, 4) is 0 Å². The number of benzene rings is 1. The van der Waals surface area contributed by atoms with Crippen molar-refractivity contribution in [1.29, 1.82) is 0 Å². The Morgan fingerprint density at radius 3 is 2.56 bits per heavy atom. The van der Waals surface area contributed by atoms with E-state index in [2.05, 4.69) is 6.92 Å². The predicted octanol–water partition coefficient (Wildman–Crippen LogP) is 4.96. The van der Waals surface area contributed by atoms with E-state index in [9.17, 15) is 0 Å². The fourth-order valence-corrected chi connectivity index (χ4v) is 2.30. The molecule has 3 heteroatoms. The van der Waals surface area contributed by atoms with Gasteiger partial charge in [-0.3, -0.25) is 0 Å². The summed E-state index contributed by atoms with van der Waals surface area (Å²) in [6, 6.07) is 5.55. The number of hydrogen-bond acceptors (Lipinski definition) is 1. The zero-order valence-electron chi connectivity index (χ0n) is 9.68. The summed E-state index contributed by atoms with van der Waals surface area (Å²) in [4.78, 5) is 0. The molecule has 0 aromatic heterocycles. The second-order valence-electron chi connectivity index (χ2n) is 4.12. The Balaban J connectivity index is 2.49. The molecular formula is C13H19Cl2N. The first kappa shape index (κ1) is 13.8. The fraction of sp³-hybridized carbons (Fsp3) is 0.538. The average molecular weight is 260 g/mol. The normalized spacial score (nSPS) is 12.8. The van der Waals surface area contributed by atoms with Crippen LogP contribution in [0.3, 0.4) is 0 Å². The monoisotopic (exact) mass is 259 g/mol. The van der Waals surface area contributed by atoms with Gasteiger partial charge >= 0.3 is 0 Å². The third kappa shape index (κ3) is 4.32. The lowest BCUT2D eigenvalue weighted by molar-refractivity contribution is 0.566. The lowest BCUT2D eigenvalue weighted by Crippen LogP contribution is -2.10. The van der Waals surface area contributed by atoms with Gasteiger partial charge in [0, 0.05) is 16.1 Å². The largest absolute Gasteiger partial charge is 0.324 e. The van der Waals surface area contributed by atoms with Crippen LogP contribution in [0, 0.1) is 0 Å². The molecule has 1 rings (SSSR count). The second kappa shape index (κ2) is 7.16. The minimum atomic E-state index is 0.0293. The summed E-state index contributed by atoms with van der Waals surface area (Å²) >= 11 is 11.9. The van der Waals surface area contributed by atoms with Crippen LogP contribution in [-0.4, -0.2) is 0 Å². The highest BCUT2D eigenvalue weighted by atomic mass is 35.5. The first-order chi connectivity index (χ1) is 7.65. The van der Waals surface area contributed by atoms with E-state index in [4.69, 9.17) is 28.9 Å². The Hall–Kier alpha value is -0.240. The van der Waals surface area contributed by atoms with Gasteiger partial charge in [-0.15, -0.1) is 0 Å². The van der Waals surface area contributed by atoms with Gasteiger partial charge in [-0.05, 0) is 24.1 Å². The maximum Gasteiger partial charge on any atom is 0.0468 e. The summed E-state index contributed by atoms with van der Waals surface area (Å²) < 4.78 is 0. The molecule has 1 unspecified atom stereocenters. The van der Waals surface area contributed by atoms with Gasteiger partial charge in [0.15, 0.2) is 0 Å². The van der Waals surface area contributed by atoms with E-state index in [1.165, 1.54) is 19.3 Å². The molecule has 0 spiro atoms. The molecule has 1 nitrogen and oxygen atoms in total. The lowest BCUT2D eigenvalue weighted by atomic mass is 10.0. The highest BCUT2D eigenvalue weighted by Crippen LogP contribution is 2.27. The van der Waals surface area contributed by atoms with Crippen LogP contribution in [0.5, 0.6) is 0 Å². The molecule has 0 heterocycles. The molecule has 0 aliphatic rings. The van der Waals surface area contributed by atoms with Crippen LogP contribution in [-0.2, 0) is 0 Å². The number of nitrogens with two attached hydrogens (primary N) is 1. The summed E-state index contributed by atoms with van der Waals surface area (Å²) in [5.41, 5.74) is 7.10.